The molecule has 0 bridgehead atoms. The van der Waals surface area contributed by atoms with Crippen molar-refractivity contribution in [2.45, 2.75) is 30.8 Å². The van der Waals surface area contributed by atoms with E-state index in [0.717, 1.165) is 0 Å². The maximum absolute atomic E-state index is 11.3. The Bertz CT molecular complexity index is 457. The highest BCUT2D eigenvalue weighted by Gasteiger charge is 2.45. The second-order valence-electron chi connectivity index (χ2n) is 5.34. The molecular formula is C10H21NO9P2. The third-order valence-electron chi connectivity index (χ3n) is 3.80. The molecule has 1 aliphatic rings. The van der Waals surface area contributed by atoms with Crippen LogP contribution < -0.4 is 0 Å². The van der Waals surface area contributed by atoms with Crippen molar-refractivity contribution in [3.05, 3.63) is 0 Å². The molecule has 0 saturated carbocycles. The minimum Gasteiger partial charge on any atom is -0.393 e. The lowest BCUT2D eigenvalue weighted by Crippen LogP contribution is -2.42. The van der Waals surface area contributed by atoms with E-state index >= 15 is 0 Å². The number of nitrogens with zero attached hydrogens (tertiary/aromatic N) is 1. The van der Waals surface area contributed by atoms with Gasteiger partial charge in [-0.2, -0.15) is 0 Å². The molecule has 0 aromatic heterocycles. The summed E-state index contributed by atoms with van der Waals surface area (Å²) in [5.74, 6) is -0.875. The van der Waals surface area contributed by atoms with Crippen molar-refractivity contribution in [2.75, 3.05) is 19.7 Å². The fraction of sp³-hybridized carbons (Fsp3) is 0.900. The molecule has 1 amide bonds. The summed E-state index contributed by atoms with van der Waals surface area (Å²) in [5.41, 5.74) is 0. The lowest BCUT2D eigenvalue weighted by molar-refractivity contribution is -0.136. The van der Waals surface area contributed by atoms with Crippen LogP contribution in [0.4, 0.5) is 0 Å². The van der Waals surface area contributed by atoms with Crippen LogP contribution in [0.1, 0.15) is 19.3 Å². The highest BCUT2D eigenvalue weighted by atomic mass is 31.2. The maximum atomic E-state index is 11.3. The monoisotopic (exact) mass is 361 g/mol. The summed E-state index contributed by atoms with van der Waals surface area (Å²) in [4.78, 5) is 48.8. The van der Waals surface area contributed by atoms with Crippen molar-refractivity contribution in [2.24, 2.45) is 5.92 Å². The fourth-order valence-electron chi connectivity index (χ4n) is 2.51. The van der Waals surface area contributed by atoms with E-state index < -0.39 is 51.5 Å². The highest BCUT2D eigenvalue weighted by Crippen LogP contribution is 2.61. The van der Waals surface area contributed by atoms with E-state index in [0.29, 0.717) is 12.8 Å². The largest absolute Gasteiger partial charge is 0.393 e. The minimum absolute atomic E-state index is 0.262. The van der Waals surface area contributed by atoms with Crippen molar-refractivity contribution in [1.82, 2.24) is 4.90 Å². The Morgan fingerprint density at radius 2 is 1.55 bits per heavy atom. The van der Waals surface area contributed by atoms with Gasteiger partial charge in [-0.15, -0.1) is 0 Å². The van der Waals surface area contributed by atoms with Crippen LogP contribution in [0.2, 0.25) is 0 Å². The zero-order valence-electron chi connectivity index (χ0n) is 11.7. The van der Waals surface area contributed by atoms with Gasteiger partial charge < -0.3 is 34.7 Å². The van der Waals surface area contributed by atoms with Crippen molar-refractivity contribution in [1.29, 1.82) is 0 Å². The summed E-state index contributed by atoms with van der Waals surface area (Å²) in [6, 6.07) is 0. The molecule has 22 heavy (non-hydrogen) atoms. The lowest BCUT2D eigenvalue weighted by atomic mass is 9.90. The number of hydrogen-bond donors (Lipinski definition) is 6. The molecular weight excluding hydrogens is 340 g/mol. The fourth-order valence-corrected chi connectivity index (χ4v) is 5.06. The quantitative estimate of drug-likeness (QED) is 0.312. The molecule has 1 fully saturated rings. The number of carbonyl (C=O) groups is 1. The van der Waals surface area contributed by atoms with Crippen LogP contribution in [-0.2, 0) is 13.9 Å². The van der Waals surface area contributed by atoms with Gasteiger partial charge in [0.05, 0.1) is 6.10 Å². The Hall–Kier alpha value is -0.310. The first-order valence-electron chi connectivity index (χ1n) is 6.64. The molecule has 0 aliphatic carbocycles. The zero-order chi connectivity index (χ0) is 17.1. The molecule has 1 unspecified atom stereocenters. The molecule has 1 rings (SSSR count). The van der Waals surface area contributed by atoms with Gasteiger partial charge in [0.2, 0.25) is 5.91 Å². The number of piperidine rings is 1. The number of aliphatic hydroxyl groups excluding tert-OH is 2. The average Bonchev–Trinajstić information content (AvgIpc) is 2.41. The van der Waals surface area contributed by atoms with Crippen LogP contribution in [0, 0.1) is 5.92 Å². The molecule has 1 atom stereocenters. The third-order valence-corrected chi connectivity index (χ3v) is 7.58. The summed E-state index contributed by atoms with van der Waals surface area (Å²) in [5, 5.41) is 16.5. The Labute approximate surface area is 127 Å². The number of likely N-dealkylation sites (tertiary alicyclic amines) is 1. The van der Waals surface area contributed by atoms with Gasteiger partial charge in [-0.05, 0) is 25.2 Å². The van der Waals surface area contributed by atoms with Crippen LogP contribution in [0.5, 0.6) is 0 Å². The van der Waals surface area contributed by atoms with Crippen LogP contribution in [0.3, 0.4) is 0 Å². The van der Waals surface area contributed by atoms with E-state index in [1.807, 2.05) is 0 Å². The van der Waals surface area contributed by atoms with E-state index in [4.69, 9.17) is 24.7 Å². The van der Waals surface area contributed by atoms with Crippen LogP contribution >= 0.6 is 15.2 Å². The first kappa shape index (κ1) is 19.7. The predicted octanol–water partition coefficient (Wildman–Crippen LogP) is -1.35. The molecule has 130 valence electrons. The van der Waals surface area contributed by atoms with E-state index in [2.05, 4.69) is 0 Å². The summed E-state index contributed by atoms with van der Waals surface area (Å²) in [7, 11) is -10.1. The molecule has 6 N–H and O–H groups in total. The summed E-state index contributed by atoms with van der Waals surface area (Å²) < 4.78 is 22.4. The zero-order valence-corrected chi connectivity index (χ0v) is 13.5. The highest BCUT2D eigenvalue weighted by molar-refractivity contribution is 7.70. The van der Waals surface area contributed by atoms with E-state index in [1.165, 1.54) is 4.90 Å². The van der Waals surface area contributed by atoms with Gasteiger partial charge in [0, 0.05) is 13.1 Å². The van der Waals surface area contributed by atoms with Crippen molar-refractivity contribution in [3.63, 3.8) is 0 Å². The third kappa shape index (κ3) is 5.40. The van der Waals surface area contributed by atoms with Gasteiger partial charge >= 0.3 is 15.2 Å². The Kier molecular flexibility index (Phi) is 6.73. The number of amides is 1. The summed E-state index contributed by atoms with van der Waals surface area (Å²) in [6.07, 6.45) is -1.37. The normalized spacial score (nSPS) is 19.5. The van der Waals surface area contributed by atoms with E-state index in [-0.39, 0.29) is 13.1 Å². The number of aliphatic hydroxyl groups is 2. The van der Waals surface area contributed by atoms with Gasteiger partial charge in [-0.25, -0.2) is 0 Å². The molecule has 0 aromatic carbocycles. The lowest BCUT2D eigenvalue weighted by Gasteiger charge is -2.35. The van der Waals surface area contributed by atoms with Crippen LogP contribution in [0.25, 0.3) is 0 Å². The average molecular weight is 361 g/mol. The van der Waals surface area contributed by atoms with Gasteiger partial charge in [-0.3, -0.25) is 13.9 Å². The van der Waals surface area contributed by atoms with Crippen molar-refractivity contribution < 1.29 is 43.7 Å². The molecule has 0 aromatic rings. The van der Waals surface area contributed by atoms with E-state index in [1.54, 1.807) is 0 Å². The topological polar surface area (TPSA) is 176 Å². The molecule has 0 spiro atoms. The van der Waals surface area contributed by atoms with Crippen molar-refractivity contribution in [3.8, 4) is 0 Å². The number of carbonyl (C=O) groups excluding carboxylic acids is 1. The number of rotatable bonds is 6. The minimum atomic E-state index is -5.06. The predicted molar refractivity (Wildman–Crippen MR) is 74.9 cm³/mol. The molecule has 10 nitrogen and oxygen atoms in total. The van der Waals surface area contributed by atoms with Gasteiger partial charge in [0.1, 0.15) is 6.61 Å². The Morgan fingerprint density at radius 3 is 1.91 bits per heavy atom. The van der Waals surface area contributed by atoms with Crippen molar-refractivity contribution >= 4 is 21.1 Å². The van der Waals surface area contributed by atoms with Crippen LogP contribution in [-0.4, -0.2) is 71.8 Å². The number of hydrogen-bond acceptors (Lipinski definition) is 5. The molecule has 1 heterocycles. The van der Waals surface area contributed by atoms with Crippen LogP contribution in [0.15, 0.2) is 0 Å². The second kappa shape index (κ2) is 7.51. The van der Waals surface area contributed by atoms with Gasteiger partial charge in [0.25, 0.3) is 0 Å². The van der Waals surface area contributed by atoms with Gasteiger partial charge in [-0.1, -0.05) is 0 Å². The maximum Gasteiger partial charge on any atom is 0.340 e. The molecule has 0 radical (unpaired) electrons. The molecule has 12 heteroatoms. The molecule has 1 saturated heterocycles. The standard InChI is InChI=1S/C10H21NO9P2/c12-6-9(14)11-3-1-7(2-4-11)8(13)5-10(21(15,16)17)22(18,19)20/h7-8,10,12-13H,1-6H2,(H2,15,16,17)(H2,18,19,20). The first-order valence-corrected chi connectivity index (χ1v) is 10.00. The Morgan fingerprint density at radius 1 is 1.09 bits per heavy atom. The first-order chi connectivity index (χ1) is 9.96. The summed E-state index contributed by atoms with van der Waals surface area (Å²) in [6.45, 7) is -0.0963. The van der Waals surface area contributed by atoms with Gasteiger partial charge in [0.15, 0.2) is 5.40 Å². The summed E-state index contributed by atoms with van der Waals surface area (Å²) >= 11 is 0. The van der Waals surface area contributed by atoms with E-state index in [9.17, 15) is 19.0 Å². The SMILES string of the molecule is O=C(CO)N1CCC(C(O)CC(P(=O)(O)O)P(=O)(O)O)CC1. The Balaban J connectivity index is 2.66. The molecule has 1 aliphatic heterocycles. The second-order valence-corrected chi connectivity index (χ2v) is 9.35. The smallest absolute Gasteiger partial charge is 0.340 e.